The minimum Gasteiger partial charge on any atom is -0.512 e. The Morgan fingerprint density at radius 3 is 2.27 bits per heavy atom. The van der Waals surface area contributed by atoms with Gasteiger partial charge in [0.15, 0.2) is 5.78 Å². The molecule has 0 saturated heterocycles. The van der Waals surface area contributed by atoms with Gasteiger partial charge in [0, 0.05) is 53.3 Å². The average Bonchev–Trinajstić information content (AvgIpc) is 3.48. The second-order valence-electron chi connectivity index (χ2n) is 15.3. The van der Waals surface area contributed by atoms with Crippen LogP contribution in [0.5, 0.6) is 0 Å². The van der Waals surface area contributed by atoms with Crippen molar-refractivity contribution in [3.05, 3.63) is 95.0 Å². The van der Waals surface area contributed by atoms with Crippen LogP contribution < -0.4 is 0 Å². The van der Waals surface area contributed by atoms with Gasteiger partial charge in [0.25, 0.3) is 0 Å². The minimum atomic E-state index is 0. The van der Waals surface area contributed by atoms with Crippen LogP contribution in [0.3, 0.4) is 0 Å². The Morgan fingerprint density at radius 2 is 1.63 bits per heavy atom. The zero-order valence-corrected chi connectivity index (χ0v) is 35.2. The molecule has 1 aliphatic rings. The molecule has 0 saturated carbocycles. The Bertz CT molecular complexity index is 1990. The summed E-state index contributed by atoms with van der Waals surface area (Å²) in [4.78, 5) is 22.7. The monoisotopic (exact) mass is 880 g/mol. The van der Waals surface area contributed by atoms with Crippen molar-refractivity contribution in [2.24, 2.45) is 17.8 Å². The van der Waals surface area contributed by atoms with E-state index in [1.54, 1.807) is 6.33 Å². The summed E-state index contributed by atoms with van der Waals surface area (Å²) >= 11 is 1.86. The third-order valence-corrected chi connectivity index (χ3v) is 11.5. The smallest absolute Gasteiger partial charge is 0.162 e. The number of fused-ring (bicyclic) bond motifs is 6. The SMILES string of the molecule is CC(C)Cc1ccc2c(c1)CCc1c-2sc2c(-c3[c-]c4ccccc4c(C(C)(C)C)c3)ncnc12.CCC(CC)C(=O)/C=C(\O)C(CC)CC.[Ir]. The fourth-order valence-electron chi connectivity index (χ4n) is 7.29. The third kappa shape index (κ3) is 9.07. The van der Waals surface area contributed by atoms with Crippen LogP contribution >= 0.6 is 11.3 Å². The predicted molar refractivity (Wildman–Crippen MR) is 213 cm³/mol. The molecule has 5 aromatic rings. The van der Waals surface area contributed by atoms with Crippen molar-refractivity contribution >= 4 is 38.1 Å². The van der Waals surface area contributed by atoms with E-state index in [2.05, 4.69) is 89.2 Å². The first-order chi connectivity index (χ1) is 23.9. The molecule has 3 aromatic carbocycles. The molecule has 0 bridgehead atoms. The zero-order valence-electron chi connectivity index (χ0n) is 31.9. The third-order valence-electron chi connectivity index (χ3n) is 10.2. The van der Waals surface area contributed by atoms with Gasteiger partial charge in [-0.15, -0.1) is 40.5 Å². The topological polar surface area (TPSA) is 63.1 Å². The van der Waals surface area contributed by atoms with E-state index in [-0.39, 0.29) is 48.9 Å². The molecule has 0 spiro atoms. The molecule has 273 valence electrons. The van der Waals surface area contributed by atoms with E-state index < -0.39 is 0 Å². The second kappa shape index (κ2) is 17.6. The zero-order chi connectivity index (χ0) is 36.2. The summed E-state index contributed by atoms with van der Waals surface area (Å²) in [5.74, 6) is 1.22. The van der Waals surface area contributed by atoms with Gasteiger partial charge in [-0.3, -0.25) is 9.78 Å². The van der Waals surface area contributed by atoms with E-state index in [1.165, 1.54) is 48.9 Å². The van der Waals surface area contributed by atoms with E-state index >= 15 is 0 Å². The first-order valence-electron chi connectivity index (χ1n) is 18.7. The molecule has 51 heavy (non-hydrogen) atoms. The summed E-state index contributed by atoms with van der Waals surface area (Å²) in [7, 11) is 0. The minimum absolute atomic E-state index is 0. The van der Waals surface area contributed by atoms with Crippen molar-refractivity contribution < 1.29 is 30.0 Å². The van der Waals surface area contributed by atoms with E-state index in [1.807, 2.05) is 39.0 Å². The maximum absolute atomic E-state index is 11.7. The molecule has 2 aromatic heterocycles. The fraction of sp³-hybridized carbons (Fsp3) is 0.444. The quantitative estimate of drug-likeness (QED) is 0.0862. The largest absolute Gasteiger partial charge is 0.512 e. The first kappa shape index (κ1) is 40.6. The standard InChI is InChI=1S/C32H31N2S.C13H24O2.Ir/c1-19(2)14-20-10-12-25-22(15-20)11-13-26-29-31(35-30(25)26)28(33-18-34-29)23-16-21-8-6-7-9-24(21)27(17-23)32(3,4)5;1-5-10(6-2)12(14)9-13(15)11(7-3)8-4;/h6-10,12,15,17-19H,11,13-14H2,1-5H3;9-11,14H,5-8H2,1-4H3;/q-1;;/b;12-9-;. The van der Waals surface area contributed by atoms with Crippen molar-refractivity contribution in [3.63, 3.8) is 0 Å². The molecule has 0 unspecified atom stereocenters. The summed E-state index contributed by atoms with van der Waals surface area (Å²) in [6, 6.07) is 21.7. The van der Waals surface area contributed by atoms with Gasteiger partial charge in [-0.25, -0.2) is 4.98 Å². The van der Waals surface area contributed by atoms with Crippen molar-refractivity contribution in [2.75, 3.05) is 0 Å². The average molecular weight is 880 g/mol. The van der Waals surface area contributed by atoms with E-state index in [0.29, 0.717) is 5.92 Å². The molecule has 0 amide bonds. The number of ketones is 1. The van der Waals surface area contributed by atoms with E-state index in [0.717, 1.165) is 67.1 Å². The second-order valence-corrected chi connectivity index (χ2v) is 16.3. The number of nitrogens with zero attached hydrogens (tertiary/aromatic N) is 2. The number of allylic oxidation sites excluding steroid dienone is 2. The Balaban J connectivity index is 0.000000312. The summed E-state index contributed by atoms with van der Waals surface area (Å²) in [5, 5.41) is 12.2. The van der Waals surface area contributed by atoms with Crippen LogP contribution in [0.4, 0.5) is 0 Å². The number of aromatic nitrogens is 2. The molecule has 1 aliphatic carbocycles. The van der Waals surface area contributed by atoms with E-state index in [4.69, 9.17) is 9.97 Å². The summed E-state index contributed by atoms with van der Waals surface area (Å²) in [6.45, 7) is 19.5. The number of hydrogen-bond acceptors (Lipinski definition) is 5. The van der Waals surface area contributed by atoms with Gasteiger partial charge in [-0.05, 0) is 78.5 Å². The number of aliphatic hydroxyl groups excluding tert-OH is 1. The number of rotatable bonds is 10. The van der Waals surface area contributed by atoms with Crippen LogP contribution in [0.2, 0.25) is 0 Å². The maximum Gasteiger partial charge on any atom is 0.162 e. The predicted octanol–water partition coefficient (Wildman–Crippen LogP) is 12.4. The molecule has 0 fully saturated rings. The van der Waals surface area contributed by atoms with Gasteiger partial charge in [0.2, 0.25) is 0 Å². The molecule has 1 radical (unpaired) electrons. The Hall–Kier alpha value is -3.18. The number of aryl methyl sites for hydroxylation is 2. The summed E-state index contributed by atoms with van der Waals surface area (Å²) in [6.07, 6.45) is 9.90. The molecule has 2 heterocycles. The van der Waals surface area contributed by atoms with Gasteiger partial charge in [0.1, 0.15) is 6.33 Å². The van der Waals surface area contributed by atoms with Crippen molar-refractivity contribution in [2.45, 2.75) is 113 Å². The summed E-state index contributed by atoms with van der Waals surface area (Å²) in [5.41, 5.74) is 10.2. The van der Waals surface area contributed by atoms with Crippen LogP contribution in [-0.4, -0.2) is 20.9 Å². The number of thiophene rings is 1. The molecule has 4 nitrogen and oxygen atoms in total. The fourth-order valence-corrected chi connectivity index (χ4v) is 8.66. The number of carbonyl (C=O) groups is 1. The van der Waals surface area contributed by atoms with Crippen molar-refractivity contribution in [3.8, 4) is 21.7 Å². The molecular weight excluding hydrogens is 825 g/mol. The van der Waals surface area contributed by atoms with Gasteiger partial charge in [-0.1, -0.05) is 110 Å². The van der Waals surface area contributed by atoms with Crippen LogP contribution in [0.25, 0.3) is 42.7 Å². The number of benzene rings is 3. The summed E-state index contributed by atoms with van der Waals surface area (Å²) < 4.78 is 1.18. The molecule has 0 atom stereocenters. The Labute approximate surface area is 323 Å². The number of hydrogen-bond donors (Lipinski definition) is 1. The molecule has 0 aliphatic heterocycles. The molecule has 6 rings (SSSR count). The van der Waals surface area contributed by atoms with Gasteiger partial charge >= 0.3 is 0 Å². The Morgan fingerprint density at radius 1 is 0.941 bits per heavy atom. The van der Waals surface area contributed by atoms with Crippen LogP contribution in [-0.2, 0) is 49.6 Å². The molecule has 1 N–H and O–H groups in total. The van der Waals surface area contributed by atoms with Gasteiger partial charge in [0.05, 0.1) is 11.3 Å². The van der Waals surface area contributed by atoms with Crippen LogP contribution in [0, 0.1) is 23.8 Å². The number of carbonyl (C=O) groups excluding carboxylic acids is 1. The van der Waals surface area contributed by atoms with Gasteiger partial charge in [-0.2, -0.15) is 0 Å². The number of aliphatic hydroxyl groups is 1. The van der Waals surface area contributed by atoms with Gasteiger partial charge < -0.3 is 5.11 Å². The molecule has 6 heteroatoms. The van der Waals surface area contributed by atoms with Crippen LogP contribution in [0.1, 0.15) is 110 Å². The van der Waals surface area contributed by atoms with Crippen LogP contribution in [0.15, 0.2) is 66.7 Å². The maximum atomic E-state index is 11.7. The Kier molecular flexibility index (Phi) is 14.0. The molecular formula is C45H55IrN2O2S-. The normalized spacial score (nSPS) is 12.9. The van der Waals surface area contributed by atoms with E-state index in [9.17, 15) is 9.90 Å². The first-order valence-corrected chi connectivity index (χ1v) is 19.5. The van der Waals surface area contributed by atoms with Crippen molar-refractivity contribution in [1.29, 1.82) is 0 Å². The van der Waals surface area contributed by atoms with Crippen molar-refractivity contribution in [1.82, 2.24) is 9.97 Å².